The Morgan fingerprint density at radius 1 is 1.00 bits per heavy atom. The zero-order valence-electron chi connectivity index (χ0n) is 17.1. The molecule has 0 aliphatic carbocycles. The second kappa shape index (κ2) is 8.86. The molecule has 1 aliphatic rings. The number of nitrogens with one attached hydrogen (secondary N) is 3. The molecule has 162 valence electrons. The molecule has 0 bridgehead atoms. The molecule has 1 saturated heterocycles. The molecule has 0 unspecified atom stereocenters. The Kier molecular flexibility index (Phi) is 5.62. The number of H-pyrrole nitrogens is 1. The van der Waals surface area contributed by atoms with Crippen molar-refractivity contribution in [3.05, 3.63) is 76.3 Å². The van der Waals surface area contributed by atoms with Gasteiger partial charge in [-0.2, -0.15) is 0 Å². The largest absolute Gasteiger partial charge is 0.378 e. The first-order chi connectivity index (χ1) is 15.7. The molecule has 3 N–H and O–H groups in total. The smallest absolute Gasteiger partial charge is 0.259 e. The van der Waals surface area contributed by atoms with Gasteiger partial charge in [0.05, 0.1) is 23.6 Å². The molecule has 8 nitrogen and oxygen atoms in total. The second-order valence-corrected chi connectivity index (χ2v) is 7.82. The molecule has 0 atom stereocenters. The summed E-state index contributed by atoms with van der Waals surface area (Å²) in [4.78, 5) is 26.5. The SMILES string of the molecule is O=c1[nH]ccc2cc(Nc3ccc(Cl)cn3)nc(Nc3ccc(N4CCOCC4)cc3)c12. The van der Waals surface area contributed by atoms with Gasteiger partial charge in [0.1, 0.15) is 17.5 Å². The minimum absolute atomic E-state index is 0.210. The van der Waals surface area contributed by atoms with Crippen molar-refractivity contribution in [3.63, 3.8) is 0 Å². The van der Waals surface area contributed by atoms with Crippen LogP contribution in [0.2, 0.25) is 5.02 Å². The molecule has 1 aliphatic heterocycles. The van der Waals surface area contributed by atoms with Gasteiger partial charge < -0.3 is 25.3 Å². The number of hydrogen-bond donors (Lipinski definition) is 3. The Hall–Kier alpha value is -3.62. The van der Waals surface area contributed by atoms with E-state index in [1.54, 1.807) is 24.5 Å². The number of fused-ring (bicyclic) bond motifs is 1. The van der Waals surface area contributed by atoms with Crippen LogP contribution < -0.4 is 21.1 Å². The summed E-state index contributed by atoms with van der Waals surface area (Å²) in [6.45, 7) is 3.23. The van der Waals surface area contributed by atoms with Gasteiger partial charge in [-0.05, 0) is 53.9 Å². The molecule has 1 aromatic carbocycles. The molecule has 0 amide bonds. The molecule has 5 rings (SSSR count). The molecule has 0 spiro atoms. The molecule has 4 aromatic rings. The Morgan fingerprint density at radius 2 is 1.81 bits per heavy atom. The number of morpholine rings is 1. The van der Waals surface area contributed by atoms with E-state index in [0.29, 0.717) is 27.9 Å². The van der Waals surface area contributed by atoms with E-state index in [1.165, 1.54) is 0 Å². The molecule has 9 heteroatoms. The average Bonchev–Trinajstić information content (AvgIpc) is 2.82. The number of hydrogen-bond acceptors (Lipinski definition) is 7. The number of nitrogens with zero attached hydrogens (tertiary/aromatic N) is 3. The highest BCUT2D eigenvalue weighted by Gasteiger charge is 2.13. The molecule has 3 aromatic heterocycles. The first kappa shape index (κ1) is 20.3. The summed E-state index contributed by atoms with van der Waals surface area (Å²) in [5.41, 5.74) is 1.76. The first-order valence-electron chi connectivity index (χ1n) is 10.3. The highest BCUT2D eigenvalue weighted by molar-refractivity contribution is 6.30. The highest BCUT2D eigenvalue weighted by atomic mass is 35.5. The van der Waals surface area contributed by atoms with Crippen molar-refractivity contribution in [2.45, 2.75) is 0 Å². The van der Waals surface area contributed by atoms with Gasteiger partial charge in [0, 0.05) is 36.9 Å². The summed E-state index contributed by atoms with van der Waals surface area (Å²) in [6.07, 6.45) is 3.18. The number of benzene rings is 1. The maximum atomic E-state index is 12.6. The van der Waals surface area contributed by atoms with Crippen LogP contribution in [0.3, 0.4) is 0 Å². The number of ether oxygens (including phenoxy) is 1. The summed E-state index contributed by atoms with van der Waals surface area (Å²) in [5, 5.41) is 8.26. The van der Waals surface area contributed by atoms with Crippen LogP contribution in [0.5, 0.6) is 0 Å². The molecule has 0 saturated carbocycles. The Bertz CT molecular complexity index is 1280. The van der Waals surface area contributed by atoms with E-state index in [9.17, 15) is 4.79 Å². The van der Waals surface area contributed by atoms with Crippen LogP contribution >= 0.6 is 11.6 Å². The highest BCUT2D eigenvalue weighted by Crippen LogP contribution is 2.27. The quantitative estimate of drug-likeness (QED) is 0.419. The fraction of sp³-hybridized carbons (Fsp3) is 0.174. The van der Waals surface area contributed by atoms with Gasteiger partial charge in [-0.25, -0.2) is 9.97 Å². The number of rotatable bonds is 5. The number of pyridine rings is 3. The lowest BCUT2D eigenvalue weighted by Crippen LogP contribution is -2.36. The van der Waals surface area contributed by atoms with Gasteiger partial charge >= 0.3 is 0 Å². The van der Waals surface area contributed by atoms with Crippen molar-refractivity contribution in [1.82, 2.24) is 15.0 Å². The van der Waals surface area contributed by atoms with Gasteiger partial charge in [-0.15, -0.1) is 0 Å². The predicted molar refractivity (Wildman–Crippen MR) is 128 cm³/mol. The third kappa shape index (κ3) is 4.37. The van der Waals surface area contributed by atoms with Crippen molar-refractivity contribution in [1.29, 1.82) is 0 Å². The van der Waals surface area contributed by atoms with Crippen LogP contribution in [0, 0.1) is 0 Å². The van der Waals surface area contributed by atoms with Crippen molar-refractivity contribution < 1.29 is 4.74 Å². The molecule has 32 heavy (non-hydrogen) atoms. The minimum atomic E-state index is -0.210. The van der Waals surface area contributed by atoms with Crippen LogP contribution in [0.4, 0.5) is 28.8 Å². The topological polar surface area (TPSA) is 95.2 Å². The second-order valence-electron chi connectivity index (χ2n) is 7.39. The fourth-order valence-electron chi connectivity index (χ4n) is 3.66. The van der Waals surface area contributed by atoms with Crippen LogP contribution in [0.25, 0.3) is 10.8 Å². The number of aromatic nitrogens is 3. The van der Waals surface area contributed by atoms with Crippen molar-refractivity contribution in [2.24, 2.45) is 0 Å². The Balaban J connectivity index is 1.46. The van der Waals surface area contributed by atoms with Gasteiger partial charge in [0.15, 0.2) is 0 Å². The summed E-state index contributed by atoms with van der Waals surface area (Å²) < 4.78 is 5.42. The average molecular weight is 449 g/mol. The summed E-state index contributed by atoms with van der Waals surface area (Å²) in [6, 6.07) is 15.2. The first-order valence-corrected chi connectivity index (χ1v) is 10.6. The van der Waals surface area contributed by atoms with E-state index < -0.39 is 0 Å². The summed E-state index contributed by atoms with van der Waals surface area (Å²) in [5.74, 6) is 1.62. The van der Waals surface area contributed by atoms with Crippen molar-refractivity contribution in [2.75, 3.05) is 41.8 Å². The Morgan fingerprint density at radius 3 is 2.56 bits per heavy atom. The van der Waals surface area contributed by atoms with Crippen LogP contribution in [0.15, 0.2) is 65.7 Å². The summed E-state index contributed by atoms with van der Waals surface area (Å²) in [7, 11) is 0. The maximum absolute atomic E-state index is 12.6. The third-order valence-corrected chi connectivity index (χ3v) is 5.47. The predicted octanol–water partition coefficient (Wildman–Crippen LogP) is 4.30. The van der Waals surface area contributed by atoms with Crippen molar-refractivity contribution >= 4 is 51.2 Å². The Labute approximate surface area is 189 Å². The number of aromatic amines is 1. The van der Waals surface area contributed by atoms with E-state index >= 15 is 0 Å². The van der Waals surface area contributed by atoms with E-state index in [-0.39, 0.29) is 5.56 Å². The third-order valence-electron chi connectivity index (χ3n) is 5.24. The lowest BCUT2D eigenvalue weighted by atomic mass is 10.2. The van der Waals surface area contributed by atoms with Gasteiger partial charge in [0.2, 0.25) is 0 Å². The van der Waals surface area contributed by atoms with E-state index in [1.807, 2.05) is 24.3 Å². The molecule has 1 fully saturated rings. The van der Waals surface area contributed by atoms with Gasteiger partial charge in [0.25, 0.3) is 5.56 Å². The van der Waals surface area contributed by atoms with E-state index in [2.05, 4.69) is 42.6 Å². The van der Waals surface area contributed by atoms with Crippen LogP contribution in [-0.4, -0.2) is 41.3 Å². The van der Waals surface area contributed by atoms with Crippen LogP contribution in [0.1, 0.15) is 0 Å². The lowest BCUT2D eigenvalue weighted by Gasteiger charge is -2.28. The number of halogens is 1. The van der Waals surface area contributed by atoms with Gasteiger partial charge in [-0.1, -0.05) is 11.6 Å². The lowest BCUT2D eigenvalue weighted by molar-refractivity contribution is 0.122. The fourth-order valence-corrected chi connectivity index (χ4v) is 3.78. The standard InChI is InChI=1S/C23H21ClN6O2/c24-16-1-6-19(26-14-16)28-20-13-15-7-8-25-23(31)21(15)22(29-20)27-17-2-4-18(5-3-17)30-9-11-32-12-10-30/h1-8,13-14H,9-12H2,(H,25,31)(H2,26,27,28,29). The van der Waals surface area contributed by atoms with Crippen molar-refractivity contribution in [3.8, 4) is 0 Å². The molecular formula is C23H21ClN6O2. The van der Waals surface area contributed by atoms with E-state index in [0.717, 1.165) is 43.1 Å². The monoisotopic (exact) mass is 448 g/mol. The van der Waals surface area contributed by atoms with Gasteiger partial charge in [-0.3, -0.25) is 4.79 Å². The normalized spacial score (nSPS) is 13.8. The van der Waals surface area contributed by atoms with Crippen LogP contribution in [-0.2, 0) is 4.74 Å². The molecule has 4 heterocycles. The maximum Gasteiger partial charge on any atom is 0.259 e. The molecule has 0 radical (unpaired) electrons. The summed E-state index contributed by atoms with van der Waals surface area (Å²) >= 11 is 5.92. The number of anilines is 5. The zero-order valence-corrected chi connectivity index (χ0v) is 17.9. The van der Waals surface area contributed by atoms with E-state index in [4.69, 9.17) is 16.3 Å². The minimum Gasteiger partial charge on any atom is -0.378 e. The molecular weight excluding hydrogens is 428 g/mol. The zero-order chi connectivity index (χ0) is 21.9.